The summed E-state index contributed by atoms with van der Waals surface area (Å²) in [5.74, 6) is -0.241. The molecule has 1 fully saturated rings. The number of H-pyrrole nitrogens is 1. The molecule has 98 valence electrons. The molecule has 0 aliphatic carbocycles. The molecule has 6 heteroatoms. The minimum Gasteiger partial charge on any atom is -0.378 e. The van der Waals surface area contributed by atoms with E-state index in [0.717, 1.165) is 6.42 Å². The zero-order valence-electron chi connectivity index (χ0n) is 10.2. The number of ether oxygens (including phenoxy) is 2. The molecule has 18 heavy (non-hydrogen) atoms. The first-order valence-electron chi connectivity index (χ1n) is 5.75. The van der Waals surface area contributed by atoms with E-state index in [9.17, 15) is 9.59 Å². The Bertz CT molecular complexity index is 457. The van der Waals surface area contributed by atoms with Gasteiger partial charge in [-0.1, -0.05) is 0 Å². The summed E-state index contributed by atoms with van der Waals surface area (Å²) in [4.78, 5) is 25.2. The van der Waals surface area contributed by atoms with Gasteiger partial charge in [-0.05, 0) is 6.07 Å². The molecule has 2 N–H and O–H groups in total. The van der Waals surface area contributed by atoms with Crippen LogP contribution in [0.25, 0.3) is 0 Å². The Morgan fingerprint density at radius 2 is 2.44 bits per heavy atom. The van der Waals surface area contributed by atoms with Gasteiger partial charge in [0, 0.05) is 38.9 Å². The number of aromatic amines is 1. The number of aromatic nitrogens is 1. The largest absolute Gasteiger partial charge is 0.378 e. The van der Waals surface area contributed by atoms with Crippen LogP contribution in [0, 0.1) is 0 Å². The molecule has 1 aromatic heterocycles. The van der Waals surface area contributed by atoms with Gasteiger partial charge in [0.25, 0.3) is 5.91 Å². The molecule has 0 aromatic carbocycles. The van der Waals surface area contributed by atoms with Crippen molar-refractivity contribution in [2.24, 2.45) is 0 Å². The van der Waals surface area contributed by atoms with Gasteiger partial charge >= 0.3 is 0 Å². The number of pyridine rings is 1. The van der Waals surface area contributed by atoms with Crippen molar-refractivity contribution in [1.29, 1.82) is 0 Å². The Kier molecular flexibility index (Phi) is 3.78. The normalized spacial score (nSPS) is 22.9. The predicted octanol–water partition coefficient (Wildman–Crippen LogP) is -0.0898. The van der Waals surface area contributed by atoms with Crippen molar-refractivity contribution in [2.75, 3.05) is 26.9 Å². The van der Waals surface area contributed by atoms with Crippen LogP contribution in [0.2, 0.25) is 0 Å². The number of methoxy groups -OCH3 is 1. The highest BCUT2D eigenvalue weighted by Gasteiger charge is 2.35. The van der Waals surface area contributed by atoms with Crippen LogP contribution in [0.1, 0.15) is 16.8 Å². The molecule has 1 atom stereocenters. The van der Waals surface area contributed by atoms with E-state index in [1.807, 2.05) is 0 Å². The molecule has 6 nitrogen and oxygen atoms in total. The van der Waals surface area contributed by atoms with E-state index in [4.69, 9.17) is 9.47 Å². The molecule has 1 saturated heterocycles. The SMILES string of the molecule is COC1(CNC(=O)c2ccc(=O)[nH]c2)CCOC1. The summed E-state index contributed by atoms with van der Waals surface area (Å²) in [5.41, 5.74) is -0.249. The van der Waals surface area contributed by atoms with Gasteiger partial charge in [0.2, 0.25) is 5.56 Å². The van der Waals surface area contributed by atoms with E-state index in [-0.39, 0.29) is 11.5 Å². The van der Waals surface area contributed by atoms with Gasteiger partial charge < -0.3 is 19.8 Å². The summed E-state index contributed by atoms with van der Waals surface area (Å²) in [7, 11) is 1.61. The molecule has 1 unspecified atom stereocenters. The van der Waals surface area contributed by atoms with Crippen molar-refractivity contribution in [3.05, 3.63) is 34.2 Å². The molecule has 0 spiro atoms. The fourth-order valence-electron chi connectivity index (χ4n) is 1.86. The van der Waals surface area contributed by atoms with Crippen LogP contribution in [-0.4, -0.2) is 43.4 Å². The summed E-state index contributed by atoms with van der Waals surface area (Å²) in [5, 5.41) is 2.79. The number of rotatable bonds is 4. The fourth-order valence-corrected chi connectivity index (χ4v) is 1.86. The van der Waals surface area contributed by atoms with Gasteiger partial charge in [0.1, 0.15) is 5.60 Å². The second-order valence-electron chi connectivity index (χ2n) is 4.31. The van der Waals surface area contributed by atoms with Crippen LogP contribution in [0.3, 0.4) is 0 Å². The first-order valence-corrected chi connectivity index (χ1v) is 5.75. The van der Waals surface area contributed by atoms with Gasteiger partial charge in [-0.2, -0.15) is 0 Å². The molecule has 1 aromatic rings. The van der Waals surface area contributed by atoms with Crippen molar-refractivity contribution >= 4 is 5.91 Å². The van der Waals surface area contributed by atoms with Crippen molar-refractivity contribution in [1.82, 2.24) is 10.3 Å². The van der Waals surface area contributed by atoms with Crippen molar-refractivity contribution in [3.63, 3.8) is 0 Å². The third kappa shape index (κ3) is 2.77. The number of hydrogen-bond donors (Lipinski definition) is 2. The number of nitrogens with one attached hydrogen (secondary N) is 2. The van der Waals surface area contributed by atoms with Gasteiger partial charge in [-0.25, -0.2) is 0 Å². The van der Waals surface area contributed by atoms with Gasteiger partial charge in [0.15, 0.2) is 0 Å². The fraction of sp³-hybridized carbons (Fsp3) is 0.500. The van der Waals surface area contributed by atoms with Gasteiger partial charge in [-0.15, -0.1) is 0 Å². The third-order valence-corrected chi connectivity index (χ3v) is 3.12. The summed E-state index contributed by atoms with van der Waals surface area (Å²) in [6.45, 7) is 1.51. The molecule has 1 aliphatic rings. The predicted molar refractivity (Wildman–Crippen MR) is 64.6 cm³/mol. The van der Waals surface area contributed by atoms with Crippen LogP contribution in [0.4, 0.5) is 0 Å². The van der Waals surface area contributed by atoms with E-state index in [1.165, 1.54) is 18.3 Å². The Hall–Kier alpha value is -1.66. The van der Waals surface area contributed by atoms with Crippen LogP contribution < -0.4 is 10.9 Å². The summed E-state index contributed by atoms with van der Waals surface area (Å²) < 4.78 is 10.7. The lowest BCUT2D eigenvalue weighted by atomic mass is 10.0. The van der Waals surface area contributed by atoms with Gasteiger partial charge in [0.05, 0.1) is 12.2 Å². The molecule has 1 aliphatic heterocycles. The third-order valence-electron chi connectivity index (χ3n) is 3.12. The average molecular weight is 252 g/mol. The minimum absolute atomic E-state index is 0.232. The average Bonchev–Trinajstić information content (AvgIpc) is 2.86. The van der Waals surface area contributed by atoms with Crippen LogP contribution in [0.5, 0.6) is 0 Å². The lowest BCUT2D eigenvalue weighted by molar-refractivity contribution is -0.0148. The monoisotopic (exact) mass is 252 g/mol. The maximum atomic E-state index is 11.8. The summed E-state index contributed by atoms with van der Waals surface area (Å²) >= 11 is 0. The lowest BCUT2D eigenvalue weighted by Gasteiger charge is -2.25. The number of carbonyl (C=O) groups excluding carboxylic acids is 1. The standard InChI is InChI=1S/C12H16N2O4/c1-17-12(4-5-18-8-12)7-14-11(16)9-2-3-10(15)13-6-9/h2-3,6H,4-5,7-8H2,1H3,(H,13,15)(H,14,16). The highest BCUT2D eigenvalue weighted by atomic mass is 16.5. The zero-order valence-corrected chi connectivity index (χ0v) is 10.2. The zero-order chi connectivity index (χ0) is 13.0. The van der Waals surface area contributed by atoms with E-state index < -0.39 is 5.60 Å². The summed E-state index contributed by atoms with van der Waals surface area (Å²) in [6, 6.07) is 2.80. The van der Waals surface area contributed by atoms with Crippen LogP contribution in [0.15, 0.2) is 23.1 Å². The summed E-state index contributed by atoms with van der Waals surface area (Å²) in [6.07, 6.45) is 2.15. The van der Waals surface area contributed by atoms with E-state index in [0.29, 0.717) is 25.3 Å². The molecule has 0 radical (unpaired) electrons. The quantitative estimate of drug-likeness (QED) is 0.784. The van der Waals surface area contributed by atoms with Crippen molar-refractivity contribution in [3.8, 4) is 0 Å². The highest BCUT2D eigenvalue weighted by Crippen LogP contribution is 2.21. The Morgan fingerprint density at radius 3 is 3.00 bits per heavy atom. The second-order valence-corrected chi connectivity index (χ2v) is 4.31. The van der Waals surface area contributed by atoms with E-state index >= 15 is 0 Å². The topological polar surface area (TPSA) is 80.4 Å². The molecule has 1 amide bonds. The first-order chi connectivity index (χ1) is 8.65. The van der Waals surface area contributed by atoms with E-state index in [1.54, 1.807) is 7.11 Å². The number of hydrogen-bond acceptors (Lipinski definition) is 4. The number of carbonyl (C=O) groups is 1. The van der Waals surface area contributed by atoms with Crippen LogP contribution >= 0.6 is 0 Å². The Morgan fingerprint density at radius 1 is 1.61 bits per heavy atom. The lowest BCUT2D eigenvalue weighted by Crippen LogP contribution is -2.45. The molecular weight excluding hydrogens is 236 g/mol. The van der Waals surface area contributed by atoms with Crippen molar-refractivity contribution in [2.45, 2.75) is 12.0 Å². The maximum Gasteiger partial charge on any atom is 0.252 e. The Labute approximate surface area is 104 Å². The molecular formula is C12H16N2O4. The van der Waals surface area contributed by atoms with Crippen LogP contribution in [-0.2, 0) is 9.47 Å². The second kappa shape index (κ2) is 5.32. The first kappa shape index (κ1) is 12.8. The number of amides is 1. The molecule has 2 heterocycles. The minimum atomic E-state index is -0.433. The molecule has 2 rings (SSSR count). The smallest absolute Gasteiger partial charge is 0.252 e. The maximum absolute atomic E-state index is 11.8. The van der Waals surface area contributed by atoms with Crippen molar-refractivity contribution < 1.29 is 14.3 Å². The Balaban J connectivity index is 1.95. The van der Waals surface area contributed by atoms with Gasteiger partial charge in [-0.3, -0.25) is 9.59 Å². The highest BCUT2D eigenvalue weighted by molar-refractivity contribution is 5.93. The molecule has 0 saturated carbocycles. The molecule has 0 bridgehead atoms. The van der Waals surface area contributed by atoms with E-state index in [2.05, 4.69) is 10.3 Å².